The van der Waals surface area contributed by atoms with Gasteiger partial charge in [-0.2, -0.15) is 0 Å². The molecule has 1 aromatic rings. The number of carbonyl (C=O) groups is 1. The third-order valence-electron chi connectivity index (χ3n) is 3.48. The summed E-state index contributed by atoms with van der Waals surface area (Å²) in [5.74, 6) is -0.169. The van der Waals surface area contributed by atoms with Gasteiger partial charge >= 0.3 is 0 Å². The fourth-order valence-corrected chi connectivity index (χ4v) is 2.20. The number of alkyl halides is 1. The van der Waals surface area contributed by atoms with Crippen molar-refractivity contribution < 1.29 is 9.69 Å². The Morgan fingerprint density at radius 3 is 2.42 bits per heavy atom. The SMILES string of the molecule is C[C@H](Cl)C(=O)Nc1ccc(N2CC[NH+](C)CC2)cc1. The van der Waals surface area contributed by atoms with Gasteiger partial charge in [0.2, 0.25) is 5.91 Å². The highest BCUT2D eigenvalue weighted by atomic mass is 35.5. The van der Waals surface area contributed by atoms with Crippen molar-refractivity contribution in [2.24, 2.45) is 0 Å². The molecule has 1 atom stereocenters. The Hall–Kier alpha value is -1.26. The van der Waals surface area contributed by atoms with Gasteiger partial charge in [-0.15, -0.1) is 11.6 Å². The minimum Gasteiger partial charge on any atom is -0.360 e. The number of anilines is 2. The molecule has 19 heavy (non-hydrogen) atoms. The van der Waals surface area contributed by atoms with Crippen LogP contribution in [0.3, 0.4) is 0 Å². The molecule has 1 amide bonds. The first-order valence-corrected chi connectivity index (χ1v) is 7.11. The van der Waals surface area contributed by atoms with Gasteiger partial charge in [0.25, 0.3) is 0 Å². The smallest absolute Gasteiger partial charge is 0.242 e. The van der Waals surface area contributed by atoms with Crippen LogP contribution in [0.1, 0.15) is 6.92 Å². The van der Waals surface area contributed by atoms with Crippen LogP contribution in [-0.2, 0) is 4.79 Å². The van der Waals surface area contributed by atoms with Crippen molar-refractivity contribution in [2.45, 2.75) is 12.3 Å². The van der Waals surface area contributed by atoms with Crippen LogP contribution in [0.4, 0.5) is 11.4 Å². The van der Waals surface area contributed by atoms with Crippen molar-refractivity contribution in [2.75, 3.05) is 43.4 Å². The molecule has 1 heterocycles. The van der Waals surface area contributed by atoms with Crippen molar-refractivity contribution in [3.05, 3.63) is 24.3 Å². The van der Waals surface area contributed by atoms with Crippen LogP contribution < -0.4 is 15.1 Å². The molecule has 1 aliphatic heterocycles. The number of likely N-dealkylation sites (N-methyl/N-ethyl adjacent to an activating group) is 1. The zero-order valence-corrected chi connectivity index (χ0v) is 12.2. The van der Waals surface area contributed by atoms with Crippen LogP contribution in [0.15, 0.2) is 24.3 Å². The number of halogens is 1. The van der Waals surface area contributed by atoms with Gasteiger partial charge in [0.05, 0.1) is 33.2 Å². The van der Waals surface area contributed by atoms with Gasteiger partial charge in [-0.25, -0.2) is 0 Å². The summed E-state index contributed by atoms with van der Waals surface area (Å²) in [6.07, 6.45) is 0. The molecule has 0 unspecified atom stereocenters. The van der Waals surface area contributed by atoms with Crippen LogP contribution in [0.2, 0.25) is 0 Å². The summed E-state index contributed by atoms with van der Waals surface area (Å²) >= 11 is 5.72. The van der Waals surface area contributed by atoms with Crippen LogP contribution >= 0.6 is 11.6 Å². The van der Waals surface area contributed by atoms with E-state index in [1.165, 1.54) is 18.8 Å². The number of amides is 1. The molecule has 1 fully saturated rings. The van der Waals surface area contributed by atoms with Crippen LogP contribution in [0.25, 0.3) is 0 Å². The maximum atomic E-state index is 11.5. The second kappa shape index (κ2) is 6.26. The van der Waals surface area contributed by atoms with E-state index in [-0.39, 0.29) is 5.91 Å². The molecule has 2 N–H and O–H groups in total. The molecule has 0 aliphatic carbocycles. The zero-order chi connectivity index (χ0) is 13.8. The van der Waals surface area contributed by atoms with Gasteiger partial charge in [0.15, 0.2) is 0 Å². The summed E-state index contributed by atoms with van der Waals surface area (Å²) in [5, 5.41) is 2.27. The molecule has 0 saturated carbocycles. The molecular weight excluding hydrogens is 262 g/mol. The number of quaternary nitrogens is 1. The molecular formula is C14H21ClN3O+. The molecule has 1 aliphatic rings. The lowest BCUT2D eigenvalue weighted by molar-refractivity contribution is -0.880. The maximum Gasteiger partial charge on any atom is 0.242 e. The number of hydrogen-bond acceptors (Lipinski definition) is 2. The van der Waals surface area contributed by atoms with E-state index in [1.54, 1.807) is 11.8 Å². The molecule has 2 rings (SSSR count). The van der Waals surface area contributed by atoms with Crippen LogP contribution in [0, 0.1) is 0 Å². The van der Waals surface area contributed by atoms with Crippen LogP contribution in [0.5, 0.6) is 0 Å². The van der Waals surface area contributed by atoms with Crippen molar-refractivity contribution in [1.82, 2.24) is 0 Å². The van der Waals surface area contributed by atoms with E-state index in [0.29, 0.717) is 0 Å². The first-order valence-electron chi connectivity index (χ1n) is 6.67. The van der Waals surface area contributed by atoms with Crippen molar-refractivity contribution in [1.29, 1.82) is 0 Å². The van der Waals surface area contributed by atoms with E-state index in [1.807, 2.05) is 12.1 Å². The third-order valence-corrected chi connectivity index (χ3v) is 3.68. The number of rotatable bonds is 3. The van der Waals surface area contributed by atoms with Crippen molar-refractivity contribution >= 4 is 28.9 Å². The minimum absolute atomic E-state index is 0.169. The Labute approximate surface area is 119 Å². The first kappa shape index (κ1) is 14.2. The van der Waals surface area contributed by atoms with Gasteiger partial charge in [-0.05, 0) is 31.2 Å². The third kappa shape index (κ3) is 3.85. The molecule has 5 heteroatoms. The highest BCUT2D eigenvalue weighted by Crippen LogP contribution is 2.18. The Kier molecular flexibility index (Phi) is 4.66. The molecule has 1 saturated heterocycles. The summed E-state index contributed by atoms with van der Waals surface area (Å²) in [5.41, 5.74) is 2.01. The van der Waals surface area contributed by atoms with E-state index in [9.17, 15) is 4.79 Å². The summed E-state index contributed by atoms with van der Waals surface area (Å²) in [7, 11) is 2.23. The standard InChI is InChI=1S/C14H20ClN3O/c1-11(15)14(19)16-12-3-5-13(6-4-12)18-9-7-17(2)8-10-18/h3-6,11H,7-10H2,1-2H3,(H,16,19)/p+1/t11-/m0/s1. The zero-order valence-electron chi connectivity index (χ0n) is 11.4. The van der Waals surface area contributed by atoms with Gasteiger partial charge in [0, 0.05) is 11.4 Å². The monoisotopic (exact) mass is 282 g/mol. The molecule has 1 aromatic carbocycles. The number of carbonyl (C=O) groups excluding carboxylic acids is 1. The quantitative estimate of drug-likeness (QED) is 0.796. The molecule has 0 bridgehead atoms. The molecule has 0 radical (unpaired) electrons. The van der Waals surface area contributed by atoms with E-state index >= 15 is 0 Å². The Bertz CT molecular complexity index is 425. The van der Waals surface area contributed by atoms with E-state index in [2.05, 4.69) is 29.4 Å². The lowest BCUT2D eigenvalue weighted by Gasteiger charge is -2.31. The van der Waals surface area contributed by atoms with E-state index in [0.717, 1.165) is 18.8 Å². The molecule has 0 spiro atoms. The Morgan fingerprint density at radius 2 is 1.89 bits per heavy atom. The first-order chi connectivity index (χ1) is 9.06. The summed E-state index contributed by atoms with van der Waals surface area (Å²) in [4.78, 5) is 15.4. The van der Waals surface area contributed by atoms with Gasteiger partial charge < -0.3 is 15.1 Å². The Morgan fingerprint density at radius 1 is 1.32 bits per heavy atom. The van der Waals surface area contributed by atoms with Gasteiger partial charge in [-0.3, -0.25) is 4.79 Å². The average molecular weight is 283 g/mol. The van der Waals surface area contributed by atoms with Crippen molar-refractivity contribution in [3.8, 4) is 0 Å². The number of piperazine rings is 1. The van der Waals surface area contributed by atoms with Gasteiger partial charge in [-0.1, -0.05) is 0 Å². The number of nitrogens with one attached hydrogen (secondary N) is 2. The summed E-state index contributed by atoms with van der Waals surface area (Å²) in [6.45, 7) is 6.16. The lowest BCUT2D eigenvalue weighted by Crippen LogP contribution is -3.12. The minimum atomic E-state index is -0.514. The second-order valence-electron chi connectivity index (χ2n) is 5.10. The fourth-order valence-electron chi connectivity index (χ4n) is 2.14. The summed E-state index contributed by atoms with van der Waals surface area (Å²) < 4.78 is 0. The van der Waals surface area contributed by atoms with E-state index in [4.69, 9.17) is 11.6 Å². The highest BCUT2D eigenvalue weighted by molar-refractivity contribution is 6.32. The van der Waals surface area contributed by atoms with Crippen LogP contribution in [-0.4, -0.2) is 44.5 Å². The predicted octanol–water partition coefficient (Wildman–Crippen LogP) is 0.587. The molecule has 4 nitrogen and oxygen atoms in total. The predicted molar refractivity (Wildman–Crippen MR) is 79.2 cm³/mol. The summed E-state index contributed by atoms with van der Waals surface area (Å²) in [6, 6.07) is 7.96. The topological polar surface area (TPSA) is 36.8 Å². The molecule has 104 valence electrons. The largest absolute Gasteiger partial charge is 0.360 e. The molecule has 0 aromatic heterocycles. The number of nitrogens with zero attached hydrogens (tertiary/aromatic N) is 1. The van der Waals surface area contributed by atoms with E-state index < -0.39 is 5.38 Å². The average Bonchev–Trinajstić information content (AvgIpc) is 2.40. The second-order valence-corrected chi connectivity index (χ2v) is 5.75. The fraction of sp³-hybridized carbons (Fsp3) is 0.500. The lowest BCUT2D eigenvalue weighted by atomic mass is 10.2. The Balaban J connectivity index is 1.96. The number of benzene rings is 1. The maximum absolute atomic E-state index is 11.5. The van der Waals surface area contributed by atoms with Crippen molar-refractivity contribution in [3.63, 3.8) is 0 Å². The number of hydrogen-bond donors (Lipinski definition) is 2. The van der Waals surface area contributed by atoms with Gasteiger partial charge in [0.1, 0.15) is 5.38 Å². The highest BCUT2D eigenvalue weighted by Gasteiger charge is 2.16. The normalized spacial score (nSPS) is 18.2.